The van der Waals surface area contributed by atoms with Gasteiger partial charge in [0.15, 0.2) is 0 Å². The van der Waals surface area contributed by atoms with E-state index in [0.717, 1.165) is 38.5 Å². The molecule has 60 heavy (non-hydrogen) atoms. The van der Waals surface area contributed by atoms with Crippen molar-refractivity contribution in [3.05, 3.63) is 0 Å². The third-order valence-electron chi connectivity index (χ3n) is 14.2. The first-order valence-corrected chi connectivity index (χ1v) is 28.3. The van der Waals surface area contributed by atoms with E-state index < -0.39 is 33.7 Å². The summed E-state index contributed by atoms with van der Waals surface area (Å²) in [4.78, 5) is 31.4. The number of carboxylic acid groups (broad SMARTS) is 3. The van der Waals surface area contributed by atoms with Crippen LogP contribution in [-0.2, 0) is 14.4 Å². The Labute approximate surface area is 403 Å². The van der Waals surface area contributed by atoms with Gasteiger partial charge in [0, 0.05) is 15.7 Å². The van der Waals surface area contributed by atoms with Crippen molar-refractivity contribution in [1.29, 1.82) is 0 Å². The number of hydrogen-bond acceptors (Lipinski definition) is 9. The van der Waals surface area contributed by atoms with Gasteiger partial charge in [-0.2, -0.15) is 37.9 Å². The maximum absolute atomic E-state index is 10.5. The molecule has 10 heteroatoms. The van der Waals surface area contributed by atoms with Crippen molar-refractivity contribution < 1.29 is 29.7 Å². The van der Waals surface area contributed by atoms with E-state index in [1.165, 1.54) is 139 Å². The maximum atomic E-state index is 10.5. The molecule has 3 unspecified atom stereocenters. The topological polar surface area (TPSA) is 120 Å². The summed E-state index contributed by atoms with van der Waals surface area (Å²) in [6, 6.07) is 0. The van der Waals surface area contributed by atoms with Crippen molar-refractivity contribution >= 4 is 78.3 Å². The summed E-state index contributed by atoms with van der Waals surface area (Å²) in [5, 5.41) is 29.6. The van der Waals surface area contributed by atoms with Gasteiger partial charge >= 0.3 is 72.4 Å². The summed E-state index contributed by atoms with van der Waals surface area (Å²) in [6.45, 7) is 22.7. The number of carbonyl (C=O) groups excluding carboxylic acids is 3. The van der Waals surface area contributed by atoms with Gasteiger partial charge in [-0.05, 0) is 54.8 Å². The van der Waals surface area contributed by atoms with E-state index in [-0.39, 0.29) is 0 Å². The molecule has 0 aromatic rings. The Bertz CT molecular complexity index is 831. The third kappa shape index (κ3) is 36.6. The van der Waals surface area contributed by atoms with Gasteiger partial charge < -0.3 is 29.7 Å². The molecule has 0 spiro atoms. The first-order chi connectivity index (χ1) is 28.4. The van der Waals surface area contributed by atoms with Crippen molar-refractivity contribution in [2.75, 3.05) is 0 Å². The number of thiol groups is 3. The van der Waals surface area contributed by atoms with Crippen LogP contribution in [-0.4, -0.2) is 56.2 Å². The molecule has 0 aliphatic heterocycles. The van der Waals surface area contributed by atoms with Crippen LogP contribution in [0, 0.1) is 16.2 Å². The van der Waals surface area contributed by atoms with Crippen LogP contribution >= 0.6 is 37.9 Å². The Morgan fingerprint density at radius 2 is 0.600 bits per heavy atom. The molecule has 0 heterocycles. The van der Waals surface area contributed by atoms with E-state index in [0.29, 0.717) is 35.5 Å². The van der Waals surface area contributed by atoms with Gasteiger partial charge in [-0.25, -0.2) is 0 Å². The molecular formula is C50H98O6S3Sn. The van der Waals surface area contributed by atoms with Crippen LogP contribution in [0.5, 0.6) is 0 Å². The Morgan fingerprint density at radius 1 is 0.383 bits per heavy atom. The number of rotatable bonds is 36. The quantitative estimate of drug-likeness (QED) is 0.0327. The summed E-state index contributed by atoms with van der Waals surface area (Å²) in [5.41, 5.74) is 1.53. The molecule has 6 nitrogen and oxygen atoms in total. The molecule has 0 amide bonds. The number of carboxylic acids is 3. The fraction of sp³-hybridized carbons (Fsp3) is 0.940. The summed E-state index contributed by atoms with van der Waals surface area (Å²) < 4.78 is 1.46. The van der Waals surface area contributed by atoms with Crippen LogP contribution in [0.15, 0.2) is 0 Å². The van der Waals surface area contributed by atoms with Crippen molar-refractivity contribution in [3.8, 4) is 0 Å². The zero-order valence-electron chi connectivity index (χ0n) is 40.9. The molecule has 3 atom stereocenters. The molecule has 0 fully saturated rings. The summed E-state index contributed by atoms with van der Waals surface area (Å²) >= 11 is 13.6. The van der Waals surface area contributed by atoms with E-state index in [4.69, 9.17) is 0 Å². The first-order valence-electron chi connectivity index (χ1n) is 24.8. The van der Waals surface area contributed by atoms with Gasteiger partial charge in [0.1, 0.15) is 0 Å². The summed E-state index contributed by atoms with van der Waals surface area (Å²) in [6.07, 6.45) is 35.3. The minimum atomic E-state index is -1.04. The number of hydrogen-bond donors (Lipinski definition) is 3. The molecule has 0 rings (SSSR count). The minimum absolute atomic E-state index is 0.509. The molecule has 356 valence electrons. The van der Waals surface area contributed by atoms with Gasteiger partial charge in [-0.15, -0.1) is 0 Å². The van der Waals surface area contributed by atoms with Gasteiger partial charge in [0.05, 0.1) is 17.9 Å². The Balaban J connectivity index is -0.000000356. The van der Waals surface area contributed by atoms with E-state index in [2.05, 4.69) is 107 Å². The van der Waals surface area contributed by atoms with Gasteiger partial charge in [0.25, 0.3) is 0 Å². The Morgan fingerprint density at radius 3 is 0.800 bits per heavy atom. The molecular weight excluding hydrogens is 911 g/mol. The number of aliphatic carboxylic acids is 3. The van der Waals surface area contributed by atoms with E-state index >= 15 is 0 Å². The van der Waals surface area contributed by atoms with Gasteiger partial charge in [-0.1, -0.05) is 178 Å². The molecule has 0 aliphatic carbocycles. The SMILES string of the molecule is CCC(CC)(CC)CCCCCC(S)C(=O)[O-].CCC(CC)(CC)CCCCCC(S)C(=O)[O-].CCC(CC)(CC)CCCCCC(S)C(=O)[O-].CCCCCCC[CH2][Sn+3]. The molecule has 0 bridgehead atoms. The van der Waals surface area contributed by atoms with Crippen molar-refractivity contribution in [1.82, 2.24) is 0 Å². The molecule has 0 aliphatic rings. The second-order valence-corrected chi connectivity index (χ2v) is 20.8. The van der Waals surface area contributed by atoms with Crippen molar-refractivity contribution in [2.45, 2.75) is 282 Å². The normalized spacial score (nSPS) is 13.1. The fourth-order valence-corrected chi connectivity index (χ4v) is 9.40. The summed E-state index contributed by atoms with van der Waals surface area (Å²) in [7, 11) is 0. The second-order valence-electron chi connectivity index (χ2n) is 17.5. The van der Waals surface area contributed by atoms with Crippen molar-refractivity contribution in [3.63, 3.8) is 0 Å². The monoisotopic (exact) mass is 1010 g/mol. The predicted molar refractivity (Wildman–Crippen MR) is 266 cm³/mol. The van der Waals surface area contributed by atoms with Crippen molar-refractivity contribution in [2.24, 2.45) is 16.2 Å². The van der Waals surface area contributed by atoms with E-state index in [9.17, 15) is 29.7 Å². The molecule has 0 saturated heterocycles. The van der Waals surface area contributed by atoms with Crippen LogP contribution in [0.1, 0.15) is 262 Å². The number of carbonyl (C=O) groups is 3. The predicted octanol–water partition coefficient (Wildman–Crippen LogP) is 12.5. The van der Waals surface area contributed by atoms with Crippen LogP contribution < -0.4 is 15.3 Å². The standard InChI is InChI=1S/3C14H28O2S.C8H17.Sn/c3*1-4-14(5-2,6-3)11-9-7-8-10-12(17)13(15)16;1-3-5-7-8-6-4-2;/h3*12,17H,4-11H2,1-3H3,(H,15,16);1,3-8H2,2H3;/q;;;;+3/p-3. The van der Waals surface area contributed by atoms with E-state index in [1.807, 2.05) is 0 Å². The molecule has 0 radical (unpaired) electrons. The average molecular weight is 1010 g/mol. The Hall–Kier alpha value is 0.259. The molecule has 0 aromatic heterocycles. The number of unbranched alkanes of at least 4 members (excludes halogenated alkanes) is 11. The zero-order chi connectivity index (χ0) is 46.9. The van der Waals surface area contributed by atoms with Crippen LogP contribution in [0.3, 0.4) is 0 Å². The molecule has 0 aromatic carbocycles. The average Bonchev–Trinajstić information content (AvgIpc) is 3.25. The fourth-order valence-electron chi connectivity index (χ4n) is 8.14. The van der Waals surface area contributed by atoms with Crippen LogP contribution in [0.25, 0.3) is 0 Å². The van der Waals surface area contributed by atoms with E-state index in [1.54, 1.807) is 22.5 Å². The first kappa shape index (κ1) is 66.9. The van der Waals surface area contributed by atoms with Gasteiger partial charge in [0.2, 0.25) is 0 Å². The van der Waals surface area contributed by atoms with Crippen LogP contribution in [0.4, 0.5) is 0 Å². The van der Waals surface area contributed by atoms with Gasteiger partial charge in [-0.3, -0.25) is 0 Å². The summed E-state index contributed by atoms with van der Waals surface area (Å²) in [5.74, 6) is -3.13. The third-order valence-corrected chi connectivity index (χ3v) is 16.6. The van der Waals surface area contributed by atoms with Crippen LogP contribution in [0.2, 0.25) is 4.44 Å². The zero-order valence-corrected chi connectivity index (χ0v) is 46.5. The Kier molecular flexibility index (Phi) is 49.5. The molecule has 0 N–H and O–H groups in total. The molecule has 0 saturated carbocycles. The second kappa shape index (κ2) is 44.5.